The largest absolute Gasteiger partial charge is 0.393 e. The highest BCUT2D eigenvalue weighted by Gasteiger charge is 2.52. The van der Waals surface area contributed by atoms with E-state index >= 15 is 0 Å². The Morgan fingerprint density at radius 2 is 1.75 bits per heavy atom. The highest BCUT2D eigenvalue weighted by atomic mass is 16.3. The fourth-order valence-corrected chi connectivity index (χ4v) is 2.99. The van der Waals surface area contributed by atoms with Crippen LogP contribution in [-0.4, -0.2) is 11.2 Å². The summed E-state index contributed by atoms with van der Waals surface area (Å²) in [4.78, 5) is 0. The Morgan fingerprint density at radius 3 is 2.17 bits per heavy atom. The van der Waals surface area contributed by atoms with Crippen molar-refractivity contribution in [3.8, 4) is 0 Å². The summed E-state index contributed by atoms with van der Waals surface area (Å²) in [6.45, 7) is 1.99. The molecule has 0 heterocycles. The number of aliphatic hydroxyl groups is 1. The zero-order chi connectivity index (χ0) is 8.60. The quantitative estimate of drug-likeness (QED) is 0.672. The molecule has 1 N–H and O–H groups in total. The molecule has 1 unspecified atom stereocenters. The van der Waals surface area contributed by atoms with Crippen LogP contribution >= 0.6 is 0 Å². The van der Waals surface area contributed by atoms with Gasteiger partial charge in [-0.15, -0.1) is 0 Å². The zero-order valence-electron chi connectivity index (χ0n) is 8.05. The lowest BCUT2D eigenvalue weighted by molar-refractivity contribution is 0.0537. The van der Waals surface area contributed by atoms with Crippen LogP contribution in [0.15, 0.2) is 0 Å². The summed E-state index contributed by atoms with van der Waals surface area (Å²) in [5.74, 6) is 0.853. The minimum absolute atomic E-state index is 0.0550. The maximum absolute atomic E-state index is 9.69. The topological polar surface area (TPSA) is 20.2 Å². The smallest absolute Gasteiger partial charge is 0.0570 e. The first kappa shape index (κ1) is 8.55. The van der Waals surface area contributed by atoms with Gasteiger partial charge in [-0.05, 0) is 43.9 Å². The van der Waals surface area contributed by atoms with E-state index in [1.165, 1.54) is 44.9 Å². The standard InChI is InChI=1S/C11H20O/c1-9(12)11(7-8-11)10-5-3-2-4-6-10/h9-10,12H,2-8H2,1H3. The second-order valence-electron chi connectivity index (χ2n) is 4.74. The minimum atomic E-state index is -0.0550. The molecule has 1 nitrogen and oxygen atoms in total. The summed E-state index contributed by atoms with van der Waals surface area (Å²) in [7, 11) is 0. The van der Waals surface area contributed by atoms with Gasteiger partial charge in [0, 0.05) is 0 Å². The van der Waals surface area contributed by atoms with E-state index in [0.29, 0.717) is 5.41 Å². The van der Waals surface area contributed by atoms with Crippen molar-refractivity contribution in [2.45, 2.75) is 58.0 Å². The Hall–Kier alpha value is -0.0400. The summed E-state index contributed by atoms with van der Waals surface area (Å²) in [6.07, 6.45) is 9.51. The summed E-state index contributed by atoms with van der Waals surface area (Å²) in [6, 6.07) is 0. The van der Waals surface area contributed by atoms with Crippen LogP contribution in [0.2, 0.25) is 0 Å². The molecule has 1 atom stereocenters. The first-order chi connectivity index (χ1) is 5.76. The molecule has 70 valence electrons. The first-order valence-electron chi connectivity index (χ1n) is 5.44. The van der Waals surface area contributed by atoms with Crippen LogP contribution in [0.4, 0.5) is 0 Å². The molecular weight excluding hydrogens is 148 g/mol. The van der Waals surface area contributed by atoms with Crippen LogP contribution in [0, 0.1) is 11.3 Å². The fourth-order valence-electron chi connectivity index (χ4n) is 2.99. The average molecular weight is 168 g/mol. The van der Waals surface area contributed by atoms with Gasteiger partial charge in [0.25, 0.3) is 0 Å². The molecule has 0 aromatic heterocycles. The molecule has 2 aliphatic carbocycles. The van der Waals surface area contributed by atoms with Gasteiger partial charge in [0.2, 0.25) is 0 Å². The van der Waals surface area contributed by atoms with E-state index in [2.05, 4.69) is 0 Å². The molecule has 2 rings (SSSR count). The van der Waals surface area contributed by atoms with Crippen molar-refractivity contribution in [3.63, 3.8) is 0 Å². The number of hydrogen-bond donors (Lipinski definition) is 1. The molecule has 0 saturated heterocycles. The minimum Gasteiger partial charge on any atom is -0.393 e. The van der Waals surface area contributed by atoms with Gasteiger partial charge in [-0.25, -0.2) is 0 Å². The Balaban J connectivity index is 1.97. The lowest BCUT2D eigenvalue weighted by atomic mass is 9.75. The molecule has 0 bridgehead atoms. The maximum Gasteiger partial charge on any atom is 0.0570 e. The Labute approximate surface area is 75.2 Å². The summed E-state index contributed by atoms with van der Waals surface area (Å²) in [5, 5.41) is 9.69. The Bertz CT molecular complexity index is 152. The molecule has 2 saturated carbocycles. The SMILES string of the molecule is CC(O)C1(C2CCCCC2)CC1. The van der Waals surface area contributed by atoms with Crippen LogP contribution in [0.5, 0.6) is 0 Å². The van der Waals surface area contributed by atoms with Gasteiger partial charge in [0.05, 0.1) is 6.10 Å². The van der Waals surface area contributed by atoms with Crippen molar-refractivity contribution in [3.05, 3.63) is 0 Å². The van der Waals surface area contributed by atoms with Crippen molar-refractivity contribution in [1.82, 2.24) is 0 Å². The number of hydrogen-bond acceptors (Lipinski definition) is 1. The molecule has 0 aliphatic heterocycles. The number of aliphatic hydroxyl groups excluding tert-OH is 1. The lowest BCUT2D eigenvalue weighted by Crippen LogP contribution is -2.28. The molecule has 0 aromatic rings. The summed E-state index contributed by atoms with van der Waals surface area (Å²) < 4.78 is 0. The van der Waals surface area contributed by atoms with Gasteiger partial charge in [-0.1, -0.05) is 19.3 Å². The van der Waals surface area contributed by atoms with Crippen LogP contribution in [0.1, 0.15) is 51.9 Å². The third-order valence-corrected chi connectivity index (χ3v) is 4.08. The van der Waals surface area contributed by atoms with Crippen molar-refractivity contribution in [2.24, 2.45) is 11.3 Å². The van der Waals surface area contributed by atoms with Gasteiger partial charge in [0.15, 0.2) is 0 Å². The van der Waals surface area contributed by atoms with E-state index in [1.54, 1.807) is 0 Å². The molecule has 0 spiro atoms. The van der Waals surface area contributed by atoms with Crippen LogP contribution in [0.3, 0.4) is 0 Å². The van der Waals surface area contributed by atoms with Gasteiger partial charge < -0.3 is 5.11 Å². The van der Waals surface area contributed by atoms with Crippen LogP contribution in [-0.2, 0) is 0 Å². The third kappa shape index (κ3) is 1.28. The zero-order valence-corrected chi connectivity index (χ0v) is 8.05. The molecule has 2 aliphatic rings. The van der Waals surface area contributed by atoms with Crippen LogP contribution in [0.25, 0.3) is 0 Å². The summed E-state index contributed by atoms with van der Waals surface area (Å²) >= 11 is 0. The predicted molar refractivity (Wildman–Crippen MR) is 49.9 cm³/mol. The van der Waals surface area contributed by atoms with E-state index in [4.69, 9.17) is 0 Å². The lowest BCUT2D eigenvalue weighted by Gasteiger charge is -2.32. The molecular formula is C11H20O. The van der Waals surface area contributed by atoms with Crippen molar-refractivity contribution in [1.29, 1.82) is 0 Å². The van der Waals surface area contributed by atoms with Gasteiger partial charge >= 0.3 is 0 Å². The Morgan fingerprint density at radius 1 is 1.17 bits per heavy atom. The van der Waals surface area contributed by atoms with Crippen LogP contribution < -0.4 is 0 Å². The van der Waals surface area contributed by atoms with Crippen molar-refractivity contribution in [2.75, 3.05) is 0 Å². The molecule has 0 amide bonds. The highest BCUT2D eigenvalue weighted by Crippen LogP contribution is 2.58. The van der Waals surface area contributed by atoms with Crippen molar-refractivity contribution >= 4 is 0 Å². The first-order valence-corrected chi connectivity index (χ1v) is 5.44. The average Bonchev–Trinajstić information content (AvgIpc) is 2.86. The molecule has 1 heteroatoms. The van der Waals surface area contributed by atoms with E-state index in [1.807, 2.05) is 6.92 Å². The third-order valence-electron chi connectivity index (χ3n) is 4.08. The molecule has 0 radical (unpaired) electrons. The summed E-state index contributed by atoms with van der Waals surface area (Å²) in [5.41, 5.74) is 0.375. The Kier molecular flexibility index (Phi) is 2.16. The van der Waals surface area contributed by atoms with E-state index in [9.17, 15) is 5.11 Å². The molecule has 0 aromatic carbocycles. The monoisotopic (exact) mass is 168 g/mol. The molecule has 12 heavy (non-hydrogen) atoms. The van der Waals surface area contributed by atoms with Gasteiger partial charge in [0.1, 0.15) is 0 Å². The van der Waals surface area contributed by atoms with E-state index < -0.39 is 0 Å². The molecule has 2 fully saturated rings. The number of rotatable bonds is 2. The normalized spacial score (nSPS) is 31.5. The van der Waals surface area contributed by atoms with Gasteiger partial charge in [-0.3, -0.25) is 0 Å². The fraction of sp³-hybridized carbons (Fsp3) is 1.00. The van der Waals surface area contributed by atoms with E-state index in [-0.39, 0.29) is 6.10 Å². The van der Waals surface area contributed by atoms with E-state index in [0.717, 1.165) is 5.92 Å². The second kappa shape index (κ2) is 3.02. The van der Waals surface area contributed by atoms with Gasteiger partial charge in [-0.2, -0.15) is 0 Å². The second-order valence-corrected chi connectivity index (χ2v) is 4.74. The van der Waals surface area contributed by atoms with Crippen molar-refractivity contribution < 1.29 is 5.11 Å². The highest BCUT2D eigenvalue weighted by molar-refractivity contribution is 5.02. The predicted octanol–water partition coefficient (Wildman–Crippen LogP) is 2.73. The maximum atomic E-state index is 9.69.